The number of likely N-dealkylation sites (tertiary alicyclic amines) is 2. The maximum atomic E-state index is 4.04. The molecule has 0 unspecified atom stereocenters. The first kappa shape index (κ1) is 12.9. The lowest BCUT2D eigenvalue weighted by molar-refractivity contribution is 0.0957. The Bertz CT molecular complexity index is 248. The highest BCUT2D eigenvalue weighted by Crippen LogP contribution is 2.22. The first-order valence-electron chi connectivity index (χ1n) is 7.02. The van der Waals surface area contributed by atoms with Crippen LogP contribution in [0.3, 0.4) is 0 Å². The van der Waals surface area contributed by atoms with E-state index in [4.69, 9.17) is 0 Å². The standard InChI is InChI=1S/C14H27N3/c1-12(2)16-10-6-14(7-11-16)17-8-4-13(15-3)5-9-17/h13-15H,1,4-11H2,2-3H3. The van der Waals surface area contributed by atoms with Gasteiger partial charge in [0, 0.05) is 30.9 Å². The highest BCUT2D eigenvalue weighted by Gasteiger charge is 2.27. The van der Waals surface area contributed by atoms with Crippen LogP contribution in [0.15, 0.2) is 12.3 Å². The van der Waals surface area contributed by atoms with Gasteiger partial charge in [0.15, 0.2) is 0 Å². The Balaban J connectivity index is 1.76. The third-order valence-electron chi connectivity index (χ3n) is 4.46. The van der Waals surface area contributed by atoms with E-state index >= 15 is 0 Å². The topological polar surface area (TPSA) is 18.5 Å². The van der Waals surface area contributed by atoms with Crippen molar-refractivity contribution in [2.75, 3.05) is 33.2 Å². The molecule has 2 fully saturated rings. The molecule has 0 aliphatic carbocycles. The number of piperidine rings is 2. The van der Waals surface area contributed by atoms with E-state index in [0.717, 1.165) is 12.1 Å². The molecule has 2 aliphatic rings. The minimum atomic E-state index is 0.752. The van der Waals surface area contributed by atoms with Crippen LogP contribution in [0.25, 0.3) is 0 Å². The highest BCUT2D eigenvalue weighted by molar-refractivity contribution is 4.93. The second-order valence-corrected chi connectivity index (χ2v) is 5.55. The Morgan fingerprint density at radius 1 is 1.06 bits per heavy atom. The summed E-state index contributed by atoms with van der Waals surface area (Å²) >= 11 is 0. The van der Waals surface area contributed by atoms with Crippen LogP contribution in [0.5, 0.6) is 0 Å². The molecule has 0 aromatic heterocycles. The predicted octanol–water partition coefficient (Wildman–Crippen LogP) is 1.67. The third kappa shape index (κ3) is 3.23. The molecule has 1 N–H and O–H groups in total. The fraction of sp³-hybridized carbons (Fsp3) is 0.857. The van der Waals surface area contributed by atoms with Crippen molar-refractivity contribution < 1.29 is 0 Å². The maximum Gasteiger partial charge on any atom is 0.0189 e. The van der Waals surface area contributed by atoms with E-state index < -0.39 is 0 Å². The lowest BCUT2D eigenvalue weighted by atomic mass is 9.98. The van der Waals surface area contributed by atoms with Crippen molar-refractivity contribution in [3.8, 4) is 0 Å². The maximum absolute atomic E-state index is 4.04. The van der Waals surface area contributed by atoms with Crippen molar-refractivity contribution in [1.82, 2.24) is 15.1 Å². The average Bonchev–Trinajstić information content (AvgIpc) is 2.39. The van der Waals surface area contributed by atoms with Gasteiger partial charge in [0.25, 0.3) is 0 Å². The minimum Gasteiger partial charge on any atom is -0.375 e. The summed E-state index contributed by atoms with van der Waals surface area (Å²) in [4.78, 5) is 5.14. The van der Waals surface area contributed by atoms with Crippen molar-refractivity contribution in [2.24, 2.45) is 0 Å². The van der Waals surface area contributed by atoms with E-state index in [0.29, 0.717) is 0 Å². The molecule has 2 saturated heterocycles. The molecule has 0 spiro atoms. The summed E-state index contributed by atoms with van der Waals surface area (Å²) in [6, 6.07) is 1.57. The molecule has 0 saturated carbocycles. The van der Waals surface area contributed by atoms with Crippen LogP contribution < -0.4 is 5.32 Å². The zero-order chi connectivity index (χ0) is 12.3. The monoisotopic (exact) mass is 237 g/mol. The molecule has 98 valence electrons. The van der Waals surface area contributed by atoms with Crippen LogP contribution in [-0.2, 0) is 0 Å². The summed E-state index contributed by atoms with van der Waals surface area (Å²) in [5.74, 6) is 0. The van der Waals surface area contributed by atoms with Gasteiger partial charge in [-0.15, -0.1) is 0 Å². The van der Waals surface area contributed by atoms with E-state index in [1.807, 2.05) is 0 Å². The zero-order valence-corrected chi connectivity index (χ0v) is 11.4. The number of nitrogens with one attached hydrogen (secondary N) is 1. The summed E-state index contributed by atoms with van der Waals surface area (Å²) in [6.07, 6.45) is 5.27. The quantitative estimate of drug-likeness (QED) is 0.805. The van der Waals surface area contributed by atoms with E-state index in [1.54, 1.807) is 0 Å². The molecular weight excluding hydrogens is 210 g/mol. The van der Waals surface area contributed by atoms with E-state index in [-0.39, 0.29) is 0 Å². The van der Waals surface area contributed by atoms with Crippen molar-refractivity contribution in [2.45, 2.75) is 44.7 Å². The number of allylic oxidation sites excluding steroid dienone is 1. The van der Waals surface area contributed by atoms with Crippen LogP contribution in [0.4, 0.5) is 0 Å². The lowest BCUT2D eigenvalue weighted by Crippen LogP contribution is -2.49. The smallest absolute Gasteiger partial charge is 0.0189 e. The van der Waals surface area contributed by atoms with Crippen LogP contribution in [-0.4, -0.2) is 55.1 Å². The zero-order valence-electron chi connectivity index (χ0n) is 11.4. The molecule has 0 amide bonds. The Labute approximate surface area is 106 Å². The van der Waals surface area contributed by atoms with Gasteiger partial charge in [-0.2, -0.15) is 0 Å². The molecule has 3 nitrogen and oxygen atoms in total. The van der Waals surface area contributed by atoms with Gasteiger partial charge in [-0.3, -0.25) is 0 Å². The highest BCUT2D eigenvalue weighted by atomic mass is 15.2. The molecule has 0 atom stereocenters. The first-order chi connectivity index (χ1) is 8.20. The summed E-state index contributed by atoms with van der Waals surface area (Å²) < 4.78 is 0. The summed E-state index contributed by atoms with van der Waals surface area (Å²) in [6.45, 7) is 11.1. The van der Waals surface area contributed by atoms with Crippen LogP contribution in [0.1, 0.15) is 32.6 Å². The largest absolute Gasteiger partial charge is 0.375 e. The normalized spacial score (nSPS) is 25.2. The molecule has 0 radical (unpaired) electrons. The summed E-state index contributed by atoms with van der Waals surface area (Å²) in [5, 5.41) is 3.40. The Kier molecular flexibility index (Phi) is 4.46. The van der Waals surface area contributed by atoms with Crippen LogP contribution >= 0.6 is 0 Å². The third-order valence-corrected chi connectivity index (χ3v) is 4.46. The molecule has 2 heterocycles. The van der Waals surface area contributed by atoms with Crippen molar-refractivity contribution >= 4 is 0 Å². The molecule has 2 aliphatic heterocycles. The Morgan fingerprint density at radius 3 is 2.12 bits per heavy atom. The van der Waals surface area contributed by atoms with Gasteiger partial charge in [-0.05, 0) is 52.7 Å². The summed E-state index contributed by atoms with van der Waals surface area (Å²) in [7, 11) is 2.09. The number of nitrogens with zero attached hydrogens (tertiary/aromatic N) is 2. The SMILES string of the molecule is C=C(C)N1CCC(N2CCC(NC)CC2)CC1. The first-order valence-corrected chi connectivity index (χ1v) is 7.02. The average molecular weight is 237 g/mol. The van der Waals surface area contributed by atoms with Crippen molar-refractivity contribution in [3.63, 3.8) is 0 Å². The number of rotatable bonds is 3. The van der Waals surface area contributed by atoms with Crippen LogP contribution in [0, 0.1) is 0 Å². The fourth-order valence-corrected chi connectivity index (χ4v) is 3.17. The molecule has 0 bridgehead atoms. The number of hydrogen-bond donors (Lipinski definition) is 1. The van der Waals surface area contributed by atoms with Crippen molar-refractivity contribution in [1.29, 1.82) is 0 Å². The Hall–Kier alpha value is -0.540. The second-order valence-electron chi connectivity index (χ2n) is 5.55. The fourth-order valence-electron chi connectivity index (χ4n) is 3.17. The second kappa shape index (κ2) is 5.87. The van der Waals surface area contributed by atoms with E-state index in [2.05, 4.69) is 35.7 Å². The molecule has 17 heavy (non-hydrogen) atoms. The van der Waals surface area contributed by atoms with Crippen LogP contribution in [0.2, 0.25) is 0 Å². The van der Waals surface area contributed by atoms with Gasteiger partial charge < -0.3 is 15.1 Å². The summed E-state index contributed by atoms with van der Waals surface area (Å²) in [5.41, 5.74) is 1.23. The predicted molar refractivity (Wildman–Crippen MR) is 73.1 cm³/mol. The van der Waals surface area contributed by atoms with Gasteiger partial charge in [0.1, 0.15) is 0 Å². The van der Waals surface area contributed by atoms with Gasteiger partial charge in [-0.25, -0.2) is 0 Å². The van der Waals surface area contributed by atoms with E-state index in [1.165, 1.54) is 57.6 Å². The lowest BCUT2D eigenvalue weighted by Gasteiger charge is -2.42. The van der Waals surface area contributed by atoms with Gasteiger partial charge in [0.2, 0.25) is 0 Å². The number of hydrogen-bond acceptors (Lipinski definition) is 3. The molecule has 2 rings (SSSR count). The van der Waals surface area contributed by atoms with Gasteiger partial charge >= 0.3 is 0 Å². The molecule has 0 aromatic carbocycles. The Morgan fingerprint density at radius 2 is 1.65 bits per heavy atom. The molecule has 0 aromatic rings. The molecular formula is C14H27N3. The van der Waals surface area contributed by atoms with Crippen molar-refractivity contribution in [3.05, 3.63) is 12.3 Å². The van der Waals surface area contributed by atoms with Gasteiger partial charge in [0.05, 0.1) is 0 Å². The molecule has 3 heteroatoms. The van der Waals surface area contributed by atoms with E-state index in [9.17, 15) is 0 Å². The minimum absolute atomic E-state index is 0.752. The van der Waals surface area contributed by atoms with Gasteiger partial charge in [-0.1, -0.05) is 6.58 Å².